The molecule has 0 unspecified atom stereocenters. The highest BCUT2D eigenvalue weighted by atomic mass is 35.5. The van der Waals surface area contributed by atoms with E-state index in [-0.39, 0.29) is 5.69 Å². The van der Waals surface area contributed by atoms with Gasteiger partial charge in [-0.15, -0.1) is 0 Å². The van der Waals surface area contributed by atoms with Gasteiger partial charge in [-0.05, 0) is 42.9 Å². The molecule has 2 N–H and O–H groups in total. The molecule has 0 aliphatic rings. The molecule has 2 aromatic rings. The van der Waals surface area contributed by atoms with Crippen molar-refractivity contribution in [2.45, 2.75) is 6.92 Å². The van der Waals surface area contributed by atoms with E-state index in [4.69, 9.17) is 23.8 Å². The monoisotopic (exact) mass is 322 g/mol. The average molecular weight is 323 g/mol. The van der Waals surface area contributed by atoms with Gasteiger partial charge in [0.15, 0.2) is 5.11 Å². The Morgan fingerprint density at radius 3 is 2.71 bits per heavy atom. The highest BCUT2D eigenvalue weighted by Crippen LogP contribution is 2.23. The second kappa shape index (κ2) is 6.47. The molecule has 0 atom stereocenters. The minimum atomic E-state index is -0.511. The minimum Gasteiger partial charge on any atom is -0.332 e. The lowest BCUT2D eigenvalue weighted by Crippen LogP contribution is -2.20. The highest BCUT2D eigenvalue weighted by molar-refractivity contribution is 7.80. The van der Waals surface area contributed by atoms with Crippen LogP contribution in [0.2, 0.25) is 5.02 Å². The first-order valence-electron chi connectivity index (χ1n) is 5.91. The van der Waals surface area contributed by atoms with E-state index < -0.39 is 4.92 Å². The topological polar surface area (TPSA) is 80.1 Å². The summed E-state index contributed by atoms with van der Waals surface area (Å²) in [5, 5.41) is 17.3. The van der Waals surface area contributed by atoms with Gasteiger partial charge < -0.3 is 10.6 Å². The molecule has 0 aliphatic heterocycles. The normalized spacial score (nSPS) is 10.0. The Morgan fingerprint density at radius 1 is 1.33 bits per heavy atom. The van der Waals surface area contributed by atoms with Gasteiger partial charge in [-0.3, -0.25) is 10.1 Å². The SMILES string of the molecule is Cc1c(Cl)cccc1NC(=S)Nc1ccc([N+](=O)[O-])cn1. The van der Waals surface area contributed by atoms with E-state index in [1.807, 2.05) is 19.1 Å². The summed E-state index contributed by atoms with van der Waals surface area (Å²) in [6.07, 6.45) is 1.16. The molecule has 1 aromatic heterocycles. The molecule has 108 valence electrons. The Morgan fingerprint density at radius 2 is 2.10 bits per heavy atom. The molecular formula is C13H11ClN4O2S. The van der Waals surface area contributed by atoms with E-state index in [0.29, 0.717) is 16.0 Å². The standard InChI is InChI=1S/C13H11ClN4O2S/c1-8-10(14)3-2-4-11(8)16-13(21)17-12-6-5-9(7-15-12)18(19)20/h2-7H,1H3,(H2,15,16,17,21). The molecule has 0 radical (unpaired) electrons. The van der Waals surface area contributed by atoms with E-state index in [1.54, 1.807) is 6.07 Å². The van der Waals surface area contributed by atoms with Crippen LogP contribution in [0.1, 0.15) is 5.56 Å². The molecule has 0 bridgehead atoms. The second-order valence-electron chi connectivity index (χ2n) is 4.15. The zero-order chi connectivity index (χ0) is 15.4. The molecule has 0 fully saturated rings. The summed E-state index contributed by atoms with van der Waals surface area (Å²) in [5.74, 6) is 0.415. The van der Waals surface area contributed by atoms with Crippen LogP contribution in [-0.2, 0) is 0 Å². The summed E-state index contributed by atoms with van der Waals surface area (Å²) in [6.45, 7) is 1.87. The maximum atomic E-state index is 10.5. The summed E-state index contributed by atoms with van der Waals surface area (Å²) in [6, 6.07) is 8.28. The quantitative estimate of drug-likeness (QED) is 0.509. The number of halogens is 1. The first-order valence-corrected chi connectivity index (χ1v) is 6.69. The van der Waals surface area contributed by atoms with Crippen LogP contribution < -0.4 is 10.6 Å². The lowest BCUT2D eigenvalue weighted by Gasteiger charge is -2.12. The Hall–Kier alpha value is -2.25. The average Bonchev–Trinajstić information content (AvgIpc) is 2.44. The van der Waals surface area contributed by atoms with Crippen molar-refractivity contribution < 1.29 is 4.92 Å². The number of nitro groups is 1. The Kier molecular flexibility index (Phi) is 4.66. The zero-order valence-corrected chi connectivity index (χ0v) is 12.5. The van der Waals surface area contributed by atoms with Crippen molar-refractivity contribution in [1.29, 1.82) is 0 Å². The van der Waals surface area contributed by atoms with Gasteiger partial charge >= 0.3 is 0 Å². The van der Waals surface area contributed by atoms with Gasteiger partial charge in [0.05, 0.1) is 4.92 Å². The Bertz CT molecular complexity index is 691. The fourth-order valence-electron chi connectivity index (χ4n) is 1.58. The number of anilines is 2. The number of rotatable bonds is 3. The Balaban J connectivity index is 2.04. The fourth-order valence-corrected chi connectivity index (χ4v) is 1.97. The summed E-state index contributed by atoms with van der Waals surface area (Å²) >= 11 is 11.2. The third-order valence-electron chi connectivity index (χ3n) is 2.72. The van der Waals surface area contributed by atoms with Crippen LogP contribution in [0, 0.1) is 17.0 Å². The summed E-state index contributed by atoms with van der Waals surface area (Å²) < 4.78 is 0. The molecule has 0 spiro atoms. The number of benzene rings is 1. The van der Waals surface area contributed by atoms with Crippen LogP contribution in [0.4, 0.5) is 17.2 Å². The Labute approximate surface area is 131 Å². The van der Waals surface area contributed by atoms with Crippen LogP contribution in [-0.4, -0.2) is 15.0 Å². The molecule has 1 aromatic carbocycles. The van der Waals surface area contributed by atoms with Gasteiger partial charge in [0.1, 0.15) is 12.0 Å². The molecule has 0 saturated heterocycles. The second-order valence-corrected chi connectivity index (χ2v) is 4.97. The maximum absolute atomic E-state index is 10.5. The number of aromatic nitrogens is 1. The van der Waals surface area contributed by atoms with Crippen LogP contribution in [0.3, 0.4) is 0 Å². The summed E-state index contributed by atoms with van der Waals surface area (Å²) in [7, 11) is 0. The predicted octanol–water partition coefficient (Wildman–Crippen LogP) is 3.76. The van der Waals surface area contributed by atoms with Gasteiger partial charge in [0.25, 0.3) is 5.69 Å². The van der Waals surface area contributed by atoms with Crippen molar-refractivity contribution in [2.75, 3.05) is 10.6 Å². The van der Waals surface area contributed by atoms with Crippen LogP contribution in [0.5, 0.6) is 0 Å². The van der Waals surface area contributed by atoms with Crippen molar-refractivity contribution in [1.82, 2.24) is 4.98 Å². The van der Waals surface area contributed by atoms with Gasteiger partial charge in [-0.1, -0.05) is 17.7 Å². The number of pyridine rings is 1. The lowest BCUT2D eigenvalue weighted by atomic mass is 10.2. The third kappa shape index (κ3) is 3.87. The molecule has 21 heavy (non-hydrogen) atoms. The molecule has 0 aliphatic carbocycles. The first-order chi connectivity index (χ1) is 9.97. The molecule has 8 heteroatoms. The smallest absolute Gasteiger partial charge is 0.287 e. The van der Waals surface area contributed by atoms with Crippen LogP contribution in [0.15, 0.2) is 36.5 Å². The van der Waals surface area contributed by atoms with Crippen LogP contribution >= 0.6 is 23.8 Å². The molecule has 0 amide bonds. The van der Waals surface area contributed by atoms with Gasteiger partial charge in [-0.2, -0.15) is 0 Å². The van der Waals surface area contributed by atoms with Gasteiger partial charge in [-0.25, -0.2) is 4.98 Å². The van der Waals surface area contributed by atoms with E-state index in [1.165, 1.54) is 12.1 Å². The molecular weight excluding hydrogens is 312 g/mol. The zero-order valence-electron chi connectivity index (χ0n) is 11.0. The van der Waals surface area contributed by atoms with Crippen molar-refractivity contribution in [3.63, 3.8) is 0 Å². The number of thiocarbonyl (C=S) groups is 1. The van der Waals surface area contributed by atoms with E-state index in [0.717, 1.165) is 17.4 Å². The number of hydrogen-bond donors (Lipinski definition) is 2. The van der Waals surface area contributed by atoms with Gasteiger partial charge in [0.2, 0.25) is 0 Å². The van der Waals surface area contributed by atoms with Crippen LogP contribution in [0.25, 0.3) is 0 Å². The van der Waals surface area contributed by atoms with Crippen molar-refractivity contribution in [2.24, 2.45) is 0 Å². The predicted molar refractivity (Wildman–Crippen MR) is 86.9 cm³/mol. The fraction of sp³-hybridized carbons (Fsp3) is 0.0769. The third-order valence-corrected chi connectivity index (χ3v) is 3.33. The number of nitrogens with zero attached hydrogens (tertiary/aromatic N) is 2. The molecule has 2 rings (SSSR count). The number of hydrogen-bond acceptors (Lipinski definition) is 4. The van der Waals surface area contributed by atoms with E-state index >= 15 is 0 Å². The van der Waals surface area contributed by atoms with Crippen molar-refractivity contribution in [3.8, 4) is 0 Å². The summed E-state index contributed by atoms with van der Waals surface area (Å²) in [4.78, 5) is 13.9. The van der Waals surface area contributed by atoms with Crippen molar-refractivity contribution in [3.05, 3.63) is 57.2 Å². The number of nitrogens with one attached hydrogen (secondary N) is 2. The highest BCUT2D eigenvalue weighted by Gasteiger charge is 2.07. The first kappa shape index (κ1) is 15.1. The molecule has 1 heterocycles. The largest absolute Gasteiger partial charge is 0.332 e. The van der Waals surface area contributed by atoms with Crippen molar-refractivity contribution >= 4 is 46.1 Å². The minimum absolute atomic E-state index is 0.0786. The van der Waals surface area contributed by atoms with E-state index in [2.05, 4.69) is 15.6 Å². The maximum Gasteiger partial charge on any atom is 0.287 e. The van der Waals surface area contributed by atoms with E-state index in [9.17, 15) is 10.1 Å². The summed E-state index contributed by atoms with van der Waals surface area (Å²) in [5.41, 5.74) is 1.58. The molecule has 0 saturated carbocycles. The lowest BCUT2D eigenvalue weighted by molar-refractivity contribution is -0.385. The molecule has 6 nitrogen and oxygen atoms in total. The van der Waals surface area contributed by atoms with Gasteiger partial charge in [0, 0.05) is 16.8 Å².